The lowest BCUT2D eigenvalue weighted by atomic mass is 10.0. The number of carbonyl (C=O) groups excluding carboxylic acids is 3. The Kier molecular flexibility index (Phi) is 4.66. The van der Waals surface area contributed by atoms with Crippen molar-refractivity contribution < 1.29 is 14.4 Å². The van der Waals surface area contributed by atoms with Crippen LogP contribution in [-0.2, 0) is 16.0 Å². The van der Waals surface area contributed by atoms with E-state index in [-0.39, 0.29) is 18.8 Å². The summed E-state index contributed by atoms with van der Waals surface area (Å²) in [4.78, 5) is 40.9. The third-order valence-corrected chi connectivity index (χ3v) is 4.74. The number of imide groups is 2. The lowest BCUT2D eigenvalue weighted by molar-refractivity contribution is -0.144. The SMILES string of the molecule is CC(C)N1C(=O)C(=O)N(CN2CCCC2Cc2ccccc2)C1=O. The van der Waals surface area contributed by atoms with Crippen molar-refractivity contribution in [3.8, 4) is 0 Å². The Morgan fingerprint density at radius 3 is 2.42 bits per heavy atom. The van der Waals surface area contributed by atoms with E-state index in [9.17, 15) is 14.4 Å². The molecule has 2 heterocycles. The molecule has 3 rings (SSSR count). The standard InChI is InChI=1S/C18H23N3O3/c1-13(2)21-17(23)16(22)20(18(21)24)12-19-10-6-9-15(19)11-14-7-4-3-5-8-14/h3-5,7-8,13,15H,6,9-12H2,1-2H3. The zero-order valence-corrected chi connectivity index (χ0v) is 14.1. The first kappa shape index (κ1) is 16.6. The Balaban J connectivity index is 1.69. The minimum atomic E-state index is -0.714. The predicted octanol–water partition coefficient (Wildman–Crippen LogP) is 1.85. The maximum atomic E-state index is 12.4. The summed E-state index contributed by atoms with van der Waals surface area (Å²) in [5, 5.41) is 0. The number of hydrogen-bond acceptors (Lipinski definition) is 4. The van der Waals surface area contributed by atoms with E-state index < -0.39 is 17.8 Å². The third kappa shape index (κ3) is 3.06. The van der Waals surface area contributed by atoms with Crippen LogP contribution in [0, 0.1) is 0 Å². The van der Waals surface area contributed by atoms with E-state index in [1.807, 2.05) is 18.2 Å². The number of hydrogen-bond donors (Lipinski definition) is 0. The second-order valence-electron chi connectivity index (χ2n) is 6.72. The first-order valence-electron chi connectivity index (χ1n) is 8.46. The fourth-order valence-corrected chi connectivity index (χ4v) is 3.48. The lowest BCUT2D eigenvalue weighted by Crippen LogP contribution is -2.45. The molecule has 6 nitrogen and oxygen atoms in total. The van der Waals surface area contributed by atoms with Crippen LogP contribution in [0.3, 0.4) is 0 Å². The largest absolute Gasteiger partial charge is 0.335 e. The van der Waals surface area contributed by atoms with Crippen LogP contribution in [0.15, 0.2) is 30.3 Å². The number of likely N-dealkylation sites (tertiary alicyclic amines) is 1. The van der Waals surface area contributed by atoms with E-state index in [0.717, 1.165) is 35.6 Å². The molecule has 128 valence electrons. The molecule has 2 aliphatic rings. The second kappa shape index (κ2) is 6.73. The average molecular weight is 329 g/mol. The number of carbonyl (C=O) groups is 3. The minimum Gasteiger partial charge on any atom is -0.282 e. The molecule has 0 aromatic heterocycles. The number of urea groups is 1. The van der Waals surface area contributed by atoms with E-state index in [0.29, 0.717) is 0 Å². The molecule has 0 saturated carbocycles. The van der Waals surface area contributed by atoms with Crippen LogP contribution < -0.4 is 0 Å². The third-order valence-electron chi connectivity index (χ3n) is 4.74. The summed E-state index contributed by atoms with van der Waals surface area (Å²) >= 11 is 0. The molecule has 0 N–H and O–H groups in total. The monoisotopic (exact) mass is 329 g/mol. The summed E-state index contributed by atoms with van der Waals surface area (Å²) in [6.07, 6.45) is 2.96. The summed E-state index contributed by atoms with van der Waals surface area (Å²) in [6, 6.07) is 9.69. The maximum Gasteiger partial charge on any atom is 0.335 e. The molecule has 1 unspecified atom stereocenters. The van der Waals surface area contributed by atoms with Gasteiger partial charge in [-0.1, -0.05) is 30.3 Å². The van der Waals surface area contributed by atoms with Crippen molar-refractivity contribution in [3.63, 3.8) is 0 Å². The summed E-state index contributed by atoms with van der Waals surface area (Å²) in [7, 11) is 0. The van der Waals surface area contributed by atoms with Gasteiger partial charge in [0, 0.05) is 18.6 Å². The van der Waals surface area contributed by atoms with E-state index in [1.54, 1.807) is 13.8 Å². The Bertz CT molecular complexity index is 644. The molecule has 2 fully saturated rings. The van der Waals surface area contributed by atoms with E-state index in [2.05, 4.69) is 17.0 Å². The smallest absolute Gasteiger partial charge is 0.282 e. The van der Waals surface area contributed by atoms with Gasteiger partial charge in [-0.3, -0.25) is 19.4 Å². The van der Waals surface area contributed by atoms with Gasteiger partial charge in [-0.25, -0.2) is 9.69 Å². The highest BCUT2D eigenvalue weighted by molar-refractivity contribution is 6.44. The van der Waals surface area contributed by atoms with Crippen LogP contribution in [0.4, 0.5) is 4.79 Å². The summed E-state index contributed by atoms with van der Waals surface area (Å²) in [5.74, 6) is -1.42. The highest BCUT2D eigenvalue weighted by Crippen LogP contribution is 2.24. The zero-order chi connectivity index (χ0) is 17.3. The lowest BCUT2D eigenvalue weighted by Gasteiger charge is -2.28. The van der Waals surface area contributed by atoms with Crippen molar-refractivity contribution in [2.75, 3.05) is 13.2 Å². The van der Waals surface area contributed by atoms with Gasteiger partial charge in [0.2, 0.25) is 0 Å². The molecular weight excluding hydrogens is 306 g/mol. The van der Waals surface area contributed by atoms with E-state index in [1.165, 1.54) is 5.56 Å². The van der Waals surface area contributed by atoms with Crippen LogP contribution in [0.1, 0.15) is 32.3 Å². The number of nitrogens with zero attached hydrogens (tertiary/aromatic N) is 3. The first-order chi connectivity index (χ1) is 11.5. The van der Waals surface area contributed by atoms with Crippen LogP contribution in [0.2, 0.25) is 0 Å². The summed E-state index contributed by atoms with van der Waals surface area (Å²) in [5.41, 5.74) is 1.24. The highest BCUT2D eigenvalue weighted by Gasteiger charge is 2.46. The van der Waals surface area contributed by atoms with Crippen molar-refractivity contribution >= 4 is 17.8 Å². The molecule has 1 aromatic carbocycles. The fraction of sp³-hybridized carbons (Fsp3) is 0.500. The second-order valence-corrected chi connectivity index (χ2v) is 6.72. The number of rotatable bonds is 5. The van der Waals surface area contributed by atoms with Gasteiger partial charge < -0.3 is 0 Å². The van der Waals surface area contributed by atoms with Gasteiger partial charge in [-0.15, -0.1) is 0 Å². The van der Waals surface area contributed by atoms with E-state index >= 15 is 0 Å². The number of benzene rings is 1. The van der Waals surface area contributed by atoms with Gasteiger partial charge in [0.05, 0.1) is 6.67 Å². The molecule has 0 bridgehead atoms. The van der Waals surface area contributed by atoms with Crippen molar-refractivity contribution in [1.29, 1.82) is 0 Å². The van der Waals surface area contributed by atoms with Crippen LogP contribution in [-0.4, -0.2) is 57.8 Å². The minimum absolute atomic E-state index is 0.199. The van der Waals surface area contributed by atoms with Crippen molar-refractivity contribution in [2.24, 2.45) is 0 Å². The molecule has 0 aliphatic carbocycles. The molecule has 6 heteroatoms. The van der Waals surface area contributed by atoms with Crippen LogP contribution in [0.5, 0.6) is 0 Å². The van der Waals surface area contributed by atoms with E-state index in [4.69, 9.17) is 0 Å². The molecule has 2 aliphatic heterocycles. The van der Waals surface area contributed by atoms with Gasteiger partial charge in [-0.2, -0.15) is 0 Å². The van der Waals surface area contributed by atoms with Gasteiger partial charge >= 0.3 is 17.8 Å². The molecule has 1 aromatic rings. The molecule has 24 heavy (non-hydrogen) atoms. The van der Waals surface area contributed by atoms with Crippen molar-refractivity contribution in [1.82, 2.24) is 14.7 Å². The topological polar surface area (TPSA) is 60.9 Å². The quantitative estimate of drug-likeness (QED) is 0.611. The molecule has 4 amide bonds. The zero-order valence-electron chi connectivity index (χ0n) is 14.1. The molecule has 1 atom stereocenters. The fourth-order valence-electron chi connectivity index (χ4n) is 3.48. The molecular formula is C18H23N3O3. The summed E-state index contributed by atoms with van der Waals surface area (Å²) in [6.45, 7) is 4.51. The Morgan fingerprint density at radius 2 is 1.79 bits per heavy atom. The van der Waals surface area contributed by atoms with Gasteiger partial charge in [-0.05, 0) is 38.7 Å². The van der Waals surface area contributed by atoms with Crippen LogP contribution in [0.25, 0.3) is 0 Å². The summed E-state index contributed by atoms with van der Waals surface area (Å²) < 4.78 is 0. The van der Waals surface area contributed by atoms with Crippen molar-refractivity contribution in [3.05, 3.63) is 35.9 Å². The Hall–Kier alpha value is -2.21. The predicted molar refractivity (Wildman–Crippen MR) is 89.0 cm³/mol. The van der Waals surface area contributed by atoms with Crippen molar-refractivity contribution in [2.45, 2.75) is 45.2 Å². The van der Waals surface area contributed by atoms with Crippen LogP contribution >= 0.6 is 0 Å². The van der Waals surface area contributed by atoms with Gasteiger partial charge in [0.1, 0.15) is 0 Å². The molecule has 2 saturated heterocycles. The Morgan fingerprint density at radius 1 is 1.08 bits per heavy atom. The number of amides is 4. The highest BCUT2D eigenvalue weighted by atomic mass is 16.2. The van der Waals surface area contributed by atoms with Gasteiger partial charge in [0.15, 0.2) is 0 Å². The van der Waals surface area contributed by atoms with Gasteiger partial charge in [0.25, 0.3) is 0 Å². The first-order valence-corrected chi connectivity index (χ1v) is 8.46. The normalized spacial score (nSPS) is 22.3. The maximum absolute atomic E-state index is 12.4. The average Bonchev–Trinajstić information content (AvgIpc) is 3.07. The molecule has 0 spiro atoms. The molecule has 0 radical (unpaired) electrons. The Labute approximate surface area is 142 Å².